The maximum atomic E-state index is 12.8. The Balaban J connectivity index is 0.00000196. The van der Waals surface area contributed by atoms with Gasteiger partial charge in [0.15, 0.2) is 0 Å². The van der Waals surface area contributed by atoms with Gasteiger partial charge in [-0.05, 0) is 11.6 Å². The van der Waals surface area contributed by atoms with Gasteiger partial charge in [-0.2, -0.15) is 4.39 Å². The molecule has 84 valence electrons. The summed E-state index contributed by atoms with van der Waals surface area (Å²) in [5.41, 5.74) is 4.73. The molecule has 0 amide bonds. The zero-order chi connectivity index (χ0) is 10.7. The molecule has 0 aliphatic carbocycles. The number of aliphatic hydroxyl groups is 1. The Morgan fingerprint density at radius 3 is 2.67 bits per heavy atom. The Morgan fingerprint density at radius 2 is 2.20 bits per heavy atom. The third kappa shape index (κ3) is 3.12. The molecule has 3 N–H and O–H groups in total. The Labute approximate surface area is 91.3 Å². The summed E-state index contributed by atoms with van der Waals surface area (Å²) in [7, 11) is 0. The molecule has 5 nitrogen and oxygen atoms in total. The average molecular weight is 237 g/mol. The largest absolute Gasteiger partial charge is 0.387 e. The Hall–Kier alpha value is -1.24. The standard InChI is InChI=1S/C8H9FN2O3.ClH/c9-6-2-1-5(8(12)4-10)3-7(6)11(13)14;/h1-3,8,12H,4,10H2;1H/t8-;/m0./s1. The van der Waals surface area contributed by atoms with E-state index in [1.807, 2.05) is 0 Å². The number of rotatable bonds is 3. The van der Waals surface area contributed by atoms with Crippen LogP contribution in [0.3, 0.4) is 0 Å². The van der Waals surface area contributed by atoms with Crippen LogP contribution in [-0.2, 0) is 0 Å². The molecule has 0 aliphatic rings. The third-order valence-corrected chi connectivity index (χ3v) is 1.77. The number of hydrogen-bond acceptors (Lipinski definition) is 4. The zero-order valence-electron chi connectivity index (χ0n) is 7.59. The van der Waals surface area contributed by atoms with E-state index in [1.54, 1.807) is 0 Å². The second-order valence-corrected chi connectivity index (χ2v) is 2.72. The zero-order valence-corrected chi connectivity index (χ0v) is 8.41. The fourth-order valence-electron chi connectivity index (χ4n) is 1.01. The summed E-state index contributed by atoms with van der Waals surface area (Å²) in [6.45, 7) is -0.0667. The normalized spacial score (nSPS) is 11.7. The molecule has 1 aromatic carbocycles. The second-order valence-electron chi connectivity index (χ2n) is 2.72. The van der Waals surface area contributed by atoms with E-state index in [0.29, 0.717) is 0 Å². The molecule has 1 aromatic rings. The molecular weight excluding hydrogens is 227 g/mol. The maximum absolute atomic E-state index is 12.8. The highest BCUT2D eigenvalue weighted by Crippen LogP contribution is 2.21. The van der Waals surface area contributed by atoms with E-state index in [-0.39, 0.29) is 24.5 Å². The van der Waals surface area contributed by atoms with Crippen molar-refractivity contribution in [2.45, 2.75) is 6.10 Å². The van der Waals surface area contributed by atoms with Crippen molar-refractivity contribution in [2.24, 2.45) is 5.73 Å². The molecule has 0 heterocycles. The van der Waals surface area contributed by atoms with Gasteiger partial charge >= 0.3 is 5.69 Å². The van der Waals surface area contributed by atoms with Gasteiger partial charge < -0.3 is 10.8 Å². The van der Waals surface area contributed by atoms with Crippen LogP contribution in [0.25, 0.3) is 0 Å². The SMILES string of the molecule is Cl.NC[C@H](O)c1ccc(F)c([N+](=O)[O-])c1. The van der Waals surface area contributed by atoms with Crippen LogP contribution in [0.2, 0.25) is 0 Å². The van der Waals surface area contributed by atoms with Crippen LogP contribution in [0, 0.1) is 15.9 Å². The van der Waals surface area contributed by atoms with Gasteiger partial charge in [-0.1, -0.05) is 6.07 Å². The number of nitro benzene ring substituents is 1. The minimum atomic E-state index is -1.01. The summed E-state index contributed by atoms with van der Waals surface area (Å²) in [5.74, 6) is -0.928. The van der Waals surface area contributed by atoms with Crippen molar-refractivity contribution >= 4 is 18.1 Å². The summed E-state index contributed by atoms with van der Waals surface area (Å²) in [6, 6.07) is 3.18. The lowest BCUT2D eigenvalue weighted by Crippen LogP contribution is -2.11. The highest BCUT2D eigenvalue weighted by Gasteiger charge is 2.16. The van der Waals surface area contributed by atoms with Crippen molar-refractivity contribution in [1.29, 1.82) is 0 Å². The molecule has 0 saturated heterocycles. The maximum Gasteiger partial charge on any atom is 0.305 e. The molecule has 0 aliphatic heterocycles. The van der Waals surface area contributed by atoms with E-state index in [9.17, 15) is 19.6 Å². The van der Waals surface area contributed by atoms with E-state index in [0.717, 1.165) is 12.1 Å². The lowest BCUT2D eigenvalue weighted by molar-refractivity contribution is -0.387. The smallest absolute Gasteiger partial charge is 0.305 e. The molecule has 0 aromatic heterocycles. The molecule has 0 fully saturated rings. The van der Waals surface area contributed by atoms with Crippen LogP contribution in [0.15, 0.2) is 18.2 Å². The molecule has 7 heteroatoms. The van der Waals surface area contributed by atoms with Crippen LogP contribution >= 0.6 is 12.4 Å². The van der Waals surface area contributed by atoms with Gasteiger partial charge in [0.2, 0.25) is 5.82 Å². The van der Waals surface area contributed by atoms with Crippen molar-refractivity contribution in [1.82, 2.24) is 0 Å². The summed E-state index contributed by atoms with van der Waals surface area (Å²) in [6.07, 6.45) is -1.01. The molecule has 15 heavy (non-hydrogen) atoms. The summed E-state index contributed by atoms with van der Waals surface area (Å²) in [5, 5.41) is 19.6. The minimum absolute atomic E-state index is 0. The summed E-state index contributed by atoms with van der Waals surface area (Å²) < 4.78 is 12.8. The fourth-order valence-corrected chi connectivity index (χ4v) is 1.01. The molecule has 0 spiro atoms. The van der Waals surface area contributed by atoms with Gasteiger partial charge in [0.25, 0.3) is 0 Å². The monoisotopic (exact) mass is 236 g/mol. The third-order valence-electron chi connectivity index (χ3n) is 1.77. The highest BCUT2D eigenvalue weighted by molar-refractivity contribution is 5.85. The van der Waals surface area contributed by atoms with Gasteiger partial charge in [0.05, 0.1) is 11.0 Å². The average Bonchev–Trinajstić information content (AvgIpc) is 2.17. The lowest BCUT2D eigenvalue weighted by atomic mass is 10.1. The second kappa shape index (κ2) is 5.59. The Kier molecular flexibility index (Phi) is 5.13. The fraction of sp³-hybridized carbons (Fsp3) is 0.250. The van der Waals surface area contributed by atoms with Crippen molar-refractivity contribution in [3.8, 4) is 0 Å². The van der Waals surface area contributed by atoms with E-state index in [4.69, 9.17) is 5.73 Å². The number of hydrogen-bond donors (Lipinski definition) is 2. The molecule has 0 bridgehead atoms. The van der Waals surface area contributed by atoms with Gasteiger partial charge in [0.1, 0.15) is 0 Å². The first-order valence-corrected chi connectivity index (χ1v) is 3.88. The lowest BCUT2D eigenvalue weighted by Gasteiger charge is -2.07. The van der Waals surface area contributed by atoms with E-state index in [1.165, 1.54) is 6.07 Å². The quantitative estimate of drug-likeness (QED) is 0.609. The highest BCUT2D eigenvalue weighted by atomic mass is 35.5. The molecule has 0 saturated carbocycles. The predicted molar refractivity (Wildman–Crippen MR) is 54.3 cm³/mol. The van der Waals surface area contributed by atoms with Crippen LogP contribution in [0.1, 0.15) is 11.7 Å². The van der Waals surface area contributed by atoms with Crippen LogP contribution in [0.5, 0.6) is 0 Å². The van der Waals surface area contributed by atoms with Crippen LogP contribution < -0.4 is 5.73 Å². The predicted octanol–water partition coefficient (Wildman–Crippen LogP) is 1.15. The van der Waals surface area contributed by atoms with Gasteiger partial charge in [-0.25, -0.2) is 0 Å². The Bertz CT molecular complexity index is 362. The number of halogens is 2. The number of nitrogens with zero attached hydrogens (tertiary/aromatic N) is 1. The molecule has 0 unspecified atom stereocenters. The van der Waals surface area contributed by atoms with Gasteiger partial charge in [-0.3, -0.25) is 10.1 Å². The van der Waals surface area contributed by atoms with Crippen molar-refractivity contribution in [2.75, 3.05) is 6.54 Å². The van der Waals surface area contributed by atoms with Crippen LogP contribution in [-0.4, -0.2) is 16.6 Å². The Morgan fingerprint density at radius 1 is 1.60 bits per heavy atom. The molecule has 1 atom stereocenters. The van der Waals surface area contributed by atoms with Crippen molar-refractivity contribution in [3.05, 3.63) is 39.7 Å². The topological polar surface area (TPSA) is 89.4 Å². The number of benzene rings is 1. The van der Waals surface area contributed by atoms with E-state index in [2.05, 4.69) is 0 Å². The number of nitrogens with two attached hydrogens (primary N) is 1. The van der Waals surface area contributed by atoms with Crippen molar-refractivity contribution < 1.29 is 14.4 Å². The molecular formula is C8H10ClFN2O3. The van der Waals surface area contributed by atoms with Gasteiger partial charge in [0, 0.05) is 12.6 Å². The summed E-state index contributed by atoms with van der Waals surface area (Å²) >= 11 is 0. The first-order valence-electron chi connectivity index (χ1n) is 3.88. The minimum Gasteiger partial charge on any atom is -0.387 e. The van der Waals surface area contributed by atoms with Crippen LogP contribution in [0.4, 0.5) is 10.1 Å². The van der Waals surface area contributed by atoms with E-state index >= 15 is 0 Å². The first-order chi connectivity index (χ1) is 6.56. The summed E-state index contributed by atoms with van der Waals surface area (Å²) in [4.78, 5) is 9.49. The van der Waals surface area contributed by atoms with E-state index < -0.39 is 22.5 Å². The first kappa shape index (κ1) is 13.8. The molecule has 1 rings (SSSR count). The number of nitro groups is 1. The van der Waals surface area contributed by atoms with Crippen molar-refractivity contribution in [3.63, 3.8) is 0 Å². The molecule has 0 radical (unpaired) electrons. The van der Waals surface area contributed by atoms with Gasteiger partial charge in [-0.15, -0.1) is 12.4 Å². The number of aliphatic hydroxyl groups excluding tert-OH is 1.